The average molecular weight is 244 g/mol. The fraction of sp³-hybridized carbons (Fsp3) is 0. The third kappa shape index (κ3) is 2.32. The van der Waals surface area contributed by atoms with Crippen molar-refractivity contribution in [3.05, 3.63) is 47.8 Å². The van der Waals surface area contributed by atoms with Crippen LogP contribution in [0.2, 0.25) is 0 Å². The molecule has 2 aromatic heterocycles. The highest BCUT2D eigenvalue weighted by Gasteiger charge is 2.09. The molecule has 0 spiro atoms. The molecule has 0 fully saturated rings. The molecular weight excluding hydrogens is 236 g/mol. The molecule has 0 aliphatic heterocycles. The summed E-state index contributed by atoms with van der Waals surface area (Å²) in [7, 11) is 0. The van der Waals surface area contributed by atoms with Gasteiger partial charge >= 0.3 is 11.9 Å². The molecule has 0 bridgehead atoms. The molecule has 90 valence electrons. The van der Waals surface area contributed by atoms with E-state index in [1.165, 1.54) is 36.7 Å². The standard InChI is InChI=1S/C12H8N2O4/c15-11(16)7-1-3-13-9(5-7)10-6-8(12(17)18)2-4-14-10/h1-6H,(H,15,16)(H,17,18). The van der Waals surface area contributed by atoms with Crippen molar-refractivity contribution in [2.45, 2.75) is 0 Å². The summed E-state index contributed by atoms with van der Waals surface area (Å²) in [6, 6.07) is 5.40. The summed E-state index contributed by atoms with van der Waals surface area (Å²) >= 11 is 0. The Bertz CT molecular complexity index is 569. The van der Waals surface area contributed by atoms with Crippen LogP contribution in [0.25, 0.3) is 11.4 Å². The topological polar surface area (TPSA) is 100 Å². The number of pyridine rings is 2. The smallest absolute Gasteiger partial charge is 0.335 e. The van der Waals surface area contributed by atoms with E-state index in [4.69, 9.17) is 10.2 Å². The number of rotatable bonds is 3. The zero-order chi connectivity index (χ0) is 13.1. The van der Waals surface area contributed by atoms with Gasteiger partial charge in [-0.15, -0.1) is 0 Å². The van der Waals surface area contributed by atoms with E-state index in [9.17, 15) is 9.59 Å². The number of aromatic nitrogens is 2. The molecule has 2 heterocycles. The quantitative estimate of drug-likeness (QED) is 0.849. The summed E-state index contributed by atoms with van der Waals surface area (Å²) in [5, 5.41) is 17.7. The van der Waals surface area contributed by atoms with Crippen LogP contribution in [0, 0.1) is 0 Å². The van der Waals surface area contributed by atoms with Gasteiger partial charge in [-0.1, -0.05) is 0 Å². The fourth-order valence-electron chi connectivity index (χ4n) is 1.41. The van der Waals surface area contributed by atoms with E-state index in [2.05, 4.69) is 9.97 Å². The summed E-state index contributed by atoms with van der Waals surface area (Å²) < 4.78 is 0. The van der Waals surface area contributed by atoms with Crippen molar-refractivity contribution in [3.63, 3.8) is 0 Å². The molecule has 0 atom stereocenters. The zero-order valence-electron chi connectivity index (χ0n) is 9.07. The number of carboxylic acid groups (broad SMARTS) is 2. The van der Waals surface area contributed by atoms with E-state index < -0.39 is 11.9 Å². The van der Waals surface area contributed by atoms with Crippen LogP contribution in [-0.2, 0) is 0 Å². The Labute approximate surface area is 102 Å². The second kappa shape index (κ2) is 4.62. The summed E-state index contributed by atoms with van der Waals surface area (Å²) in [5.74, 6) is -2.15. The van der Waals surface area contributed by atoms with E-state index in [1.807, 2.05) is 0 Å². The van der Waals surface area contributed by atoms with Crippen LogP contribution in [-0.4, -0.2) is 32.1 Å². The molecule has 0 aromatic carbocycles. The number of hydrogen-bond acceptors (Lipinski definition) is 4. The van der Waals surface area contributed by atoms with Crippen molar-refractivity contribution in [2.24, 2.45) is 0 Å². The Balaban J connectivity index is 2.48. The molecule has 0 aliphatic carbocycles. The summed E-state index contributed by atoms with van der Waals surface area (Å²) in [5.41, 5.74) is 0.779. The molecule has 0 saturated carbocycles. The monoisotopic (exact) mass is 244 g/mol. The second-order valence-corrected chi connectivity index (χ2v) is 3.47. The van der Waals surface area contributed by atoms with Crippen molar-refractivity contribution < 1.29 is 19.8 Å². The highest BCUT2D eigenvalue weighted by Crippen LogP contribution is 2.16. The third-order valence-electron chi connectivity index (χ3n) is 2.28. The van der Waals surface area contributed by atoms with Crippen molar-refractivity contribution in [2.75, 3.05) is 0 Å². The maximum absolute atomic E-state index is 10.8. The van der Waals surface area contributed by atoms with Gasteiger partial charge in [0, 0.05) is 12.4 Å². The lowest BCUT2D eigenvalue weighted by atomic mass is 10.1. The van der Waals surface area contributed by atoms with Gasteiger partial charge < -0.3 is 10.2 Å². The molecule has 2 N–H and O–H groups in total. The highest BCUT2D eigenvalue weighted by molar-refractivity contribution is 5.90. The Morgan fingerprint density at radius 3 is 1.56 bits per heavy atom. The molecule has 0 radical (unpaired) electrons. The number of hydrogen-bond donors (Lipinski definition) is 2. The van der Waals surface area contributed by atoms with Gasteiger partial charge in [-0.3, -0.25) is 9.97 Å². The van der Waals surface area contributed by atoms with Crippen LogP contribution in [0.5, 0.6) is 0 Å². The maximum atomic E-state index is 10.8. The Morgan fingerprint density at radius 1 is 0.833 bits per heavy atom. The number of aromatic carboxylic acids is 2. The van der Waals surface area contributed by atoms with E-state index in [1.54, 1.807) is 0 Å². The summed E-state index contributed by atoms with van der Waals surface area (Å²) in [6.45, 7) is 0. The largest absolute Gasteiger partial charge is 0.478 e. The van der Waals surface area contributed by atoms with E-state index in [0.29, 0.717) is 11.4 Å². The molecule has 0 aliphatic rings. The van der Waals surface area contributed by atoms with Gasteiger partial charge in [0.2, 0.25) is 0 Å². The molecule has 6 nitrogen and oxygen atoms in total. The average Bonchev–Trinajstić information content (AvgIpc) is 2.39. The van der Waals surface area contributed by atoms with Crippen LogP contribution in [0.3, 0.4) is 0 Å². The van der Waals surface area contributed by atoms with Gasteiger partial charge in [-0.25, -0.2) is 9.59 Å². The Hall–Kier alpha value is -2.76. The van der Waals surface area contributed by atoms with E-state index >= 15 is 0 Å². The van der Waals surface area contributed by atoms with Gasteiger partial charge in [0.1, 0.15) is 0 Å². The van der Waals surface area contributed by atoms with Crippen molar-refractivity contribution in [1.29, 1.82) is 0 Å². The number of nitrogens with zero attached hydrogens (tertiary/aromatic N) is 2. The summed E-state index contributed by atoms with van der Waals surface area (Å²) in [4.78, 5) is 29.6. The lowest BCUT2D eigenvalue weighted by Crippen LogP contribution is -2.00. The minimum absolute atomic E-state index is 0.0718. The van der Waals surface area contributed by atoms with Crippen LogP contribution < -0.4 is 0 Å². The first-order valence-corrected chi connectivity index (χ1v) is 4.97. The molecule has 18 heavy (non-hydrogen) atoms. The molecule has 2 aromatic rings. The molecule has 0 unspecified atom stereocenters. The predicted octanol–water partition coefficient (Wildman–Crippen LogP) is 1.54. The van der Waals surface area contributed by atoms with Crippen LogP contribution >= 0.6 is 0 Å². The third-order valence-corrected chi connectivity index (χ3v) is 2.28. The number of carbonyl (C=O) groups is 2. The first kappa shape index (κ1) is 11.7. The fourth-order valence-corrected chi connectivity index (χ4v) is 1.41. The molecule has 6 heteroatoms. The molecule has 2 rings (SSSR count). The number of carboxylic acids is 2. The van der Waals surface area contributed by atoms with Gasteiger partial charge in [0.15, 0.2) is 0 Å². The van der Waals surface area contributed by atoms with Crippen molar-refractivity contribution in [3.8, 4) is 11.4 Å². The zero-order valence-corrected chi connectivity index (χ0v) is 9.07. The Morgan fingerprint density at radius 2 is 1.22 bits per heavy atom. The first-order chi connectivity index (χ1) is 8.58. The van der Waals surface area contributed by atoms with Gasteiger partial charge in [0.25, 0.3) is 0 Å². The molecule has 0 saturated heterocycles. The van der Waals surface area contributed by atoms with Crippen LogP contribution in [0.15, 0.2) is 36.7 Å². The van der Waals surface area contributed by atoms with Gasteiger partial charge in [-0.2, -0.15) is 0 Å². The highest BCUT2D eigenvalue weighted by atomic mass is 16.4. The van der Waals surface area contributed by atoms with E-state index in [0.717, 1.165) is 0 Å². The molecular formula is C12H8N2O4. The van der Waals surface area contributed by atoms with Crippen molar-refractivity contribution in [1.82, 2.24) is 9.97 Å². The van der Waals surface area contributed by atoms with Gasteiger partial charge in [-0.05, 0) is 24.3 Å². The van der Waals surface area contributed by atoms with Crippen molar-refractivity contribution >= 4 is 11.9 Å². The summed E-state index contributed by atoms with van der Waals surface area (Å²) in [6.07, 6.45) is 2.68. The normalized spacial score (nSPS) is 10.0. The van der Waals surface area contributed by atoms with Gasteiger partial charge in [0.05, 0.1) is 22.5 Å². The van der Waals surface area contributed by atoms with Crippen LogP contribution in [0.4, 0.5) is 0 Å². The van der Waals surface area contributed by atoms with Crippen LogP contribution in [0.1, 0.15) is 20.7 Å². The lowest BCUT2D eigenvalue weighted by Gasteiger charge is -2.02. The SMILES string of the molecule is O=C(O)c1ccnc(-c2cc(C(=O)O)ccn2)c1. The first-order valence-electron chi connectivity index (χ1n) is 4.97. The maximum Gasteiger partial charge on any atom is 0.335 e. The lowest BCUT2D eigenvalue weighted by molar-refractivity contribution is 0.0686. The minimum atomic E-state index is -1.08. The predicted molar refractivity (Wildman–Crippen MR) is 61.4 cm³/mol. The molecule has 0 amide bonds. The van der Waals surface area contributed by atoms with E-state index in [-0.39, 0.29) is 11.1 Å². The minimum Gasteiger partial charge on any atom is -0.478 e. The Kier molecular flexibility index (Phi) is 3.01. The second-order valence-electron chi connectivity index (χ2n) is 3.47.